The van der Waals surface area contributed by atoms with Crippen molar-refractivity contribution in [3.05, 3.63) is 65.5 Å². The summed E-state index contributed by atoms with van der Waals surface area (Å²) in [5.41, 5.74) is 2.14. The minimum Gasteiger partial charge on any atom is -0.385 e. The topological polar surface area (TPSA) is 50.2 Å². The van der Waals surface area contributed by atoms with E-state index in [0.29, 0.717) is 5.56 Å². The third kappa shape index (κ3) is 3.02. The van der Waals surface area contributed by atoms with E-state index >= 15 is 0 Å². The van der Waals surface area contributed by atoms with Gasteiger partial charge in [-0.25, -0.2) is 0 Å². The number of pyridine rings is 1. The number of hydrogen-bond acceptors (Lipinski definition) is 3. The highest BCUT2D eigenvalue weighted by molar-refractivity contribution is 5.99. The fourth-order valence-corrected chi connectivity index (χ4v) is 1.80. The number of nitrogens with zero attached hydrogens (tertiary/aromatic N) is 1. The predicted molar refractivity (Wildman–Crippen MR) is 69.5 cm³/mol. The van der Waals surface area contributed by atoms with Gasteiger partial charge in [0.2, 0.25) is 0 Å². The Labute approximate surface area is 106 Å². The minimum absolute atomic E-state index is 0.245. The van der Waals surface area contributed by atoms with Crippen LogP contribution in [0.1, 0.15) is 21.7 Å². The largest absolute Gasteiger partial charge is 0.385 e. The van der Waals surface area contributed by atoms with Crippen LogP contribution in [0.25, 0.3) is 0 Å². The zero-order chi connectivity index (χ0) is 13.0. The Morgan fingerprint density at radius 2 is 1.89 bits per heavy atom. The molecule has 0 aliphatic heterocycles. The molecule has 0 spiro atoms. The van der Waals surface area contributed by atoms with Crippen LogP contribution in [0.4, 0.5) is 0 Å². The van der Waals surface area contributed by atoms with E-state index < -0.39 is 6.10 Å². The minimum atomic E-state index is -1.04. The van der Waals surface area contributed by atoms with Crippen molar-refractivity contribution in [3.63, 3.8) is 0 Å². The monoisotopic (exact) mass is 241 g/mol. The van der Waals surface area contributed by atoms with Crippen molar-refractivity contribution in [2.75, 3.05) is 0 Å². The average Bonchev–Trinajstić information content (AvgIpc) is 2.39. The molecule has 0 saturated carbocycles. The molecule has 2 rings (SSSR count). The van der Waals surface area contributed by atoms with Gasteiger partial charge in [-0.1, -0.05) is 36.4 Å². The van der Waals surface area contributed by atoms with Gasteiger partial charge in [-0.3, -0.25) is 9.78 Å². The summed E-state index contributed by atoms with van der Waals surface area (Å²) >= 11 is 0. The lowest BCUT2D eigenvalue weighted by atomic mass is 10.0. The summed E-state index contributed by atoms with van der Waals surface area (Å²) in [5, 5.41) is 9.93. The zero-order valence-electron chi connectivity index (χ0n) is 10.2. The van der Waals surface area contributed by atoms with Gasteiger partial charge in [-0.2, -0.15) is 0 Å². The predicted octanol–water partition coefficient (Wildman–Crippen LogP) is 2.18. The van der Waals surface area contributed by atoms with Crippen LogP contribution in [-0.4, -0.2) is 22.0 Å². The van der Waals surface area contributed by atoms with Gasteiger partial charge >= 0.3 is 0 Å². The number of ketones is 1. The first kappa shape index (κ1) is 12.5. The molecule has 1 unspecified atom stereocenters. The van der Waals surface area contributed by atoms with Crippen molar-refractivity contribution >= 4 is 5.78 Å². The second kappa shape index (κ2) is 5.56. The molecule has 0 aliphatic rings. The molecule has 1 aromatic carbocycles. The van der Waals surface area contributed by atoms with Gasteiger partial charge in [-0.15, -0.1) is 0 Å². The zero-order valence-corrected chi connectivity index (χ0v) is 10.2. The van der Waals surface area contributed by atoms with Crippen LogP contribution in [0.15, 0.2) is 48.5 Å². The normalized spacial score (nSPS) is 12.1. The van der Waals surface area contributed by atoms with Gasteiger partial charge in [0.05, 0.1) is 0 Å². The van der Waals surface area contributed by atoms with Gasteiger partial charge in [0.15, 0.2) is 5.78 Å². The van der Waals surface area contributed by atoms with E-state index in [-0.39, 0.29) is 12.2 Å². The molecule has 3 nitrogen and oxygen atoms in total. The summed E-state index contributed by atoms with van der Waals surface area (Å²) in [7, 11) is 0. The lowest BCUT2D eigenvalue weighted by Gasteiger charge is -2.09. The molecule has 0 aliphatic carbocycles. The molecule has 1 aromatic heterocycles. The maximum absolute atomic E-state index is 12.0. The SMILES string of the molecule is Cc1cccc(CC(O)C(=O)c2ccccc2)n1. The molecule has 0 amide bonds. The number of carbonyl (C=O) groups excluding carboxylic acids is 1. The van der Waals surface area contributed by atoms with Crippen LogP contribution in [-0.2, 0) is 6.42 Å². The highest BCUT2D eigenvalue weighted by Gasteiger charge is 2.17. The van der Waals surface area contributed by atoms with E-state index in [1.807, 2.05) is 31.2 Å². The third-order valence-corrected chi connectivity index (χ3v) is 2.71. The fourth-order valence-electron chi connectivity index (χ4n) is 1.80. The summed E-state index contributed by atoms with van der Waals surface area (Å²) in [6.45, 7) is 1.88. The van der Waals surface area contributed by atoms with Crippen LogP contribution in [0, 0.1) is 6.92 Å². The van der Waals surface area contributed by atoms with E-state index in [0.717, 1.165) is 11.4 Å². The Kier molecular flexibility index (Phi) is 3.85. The van der Waals surface area contributed by atoms with E-state index in [1.165, 1.54) is 0 Å². The highest BCUT2D eigenvalue weighted by atomic mass is 16.3. The maximum Gasteiger partial charge on any atom is 0.191 e. The first-order valence-electron chi connectivity index (χ1n) is 5.86. The van der Waals surface area contributed by atoms with Crippen molar-refractivity contribution in [3.8, 4) is 0 Å². The van der Waals surface area contributed by atoms with Crippen molar-refractivity contribution < 1.29 is 9.90 Å². The third-order valence-electron chi connectivity index (χ3n) is 2.71. The first-order valence-corrected chi connectivity index (χ1v) is 5.86. The number of aliphatic hydroxyl groups is 1. The van der Waals surface area contributed by atoms with Crippen molar-refractivity contribution in [1.29, 1.82) is 0 Å². The molecule has 1 atom stereocenters. The van der Waals surface area contributed by atoms with Gasteiger partial charge in [0.25, 0.3) is 0 Å². The summed E-state index contributed by atoms with van der Waals surface area (Å²) in [6.07, 6.45) is -0.795. The first-order chi connectivity index (χ1) is 8.66. The lowest BCUT2D eigenvalue weighted by molar-refractivity contribution is 0.0746. The number of carbonyl (C=O) groups is 1. The Bertz CT molecular complexity index is 537. The maximum atomic E-state index is 12.0. The van der Waals surface area contributed by atoms with Gasteiger partial charge in [0.1, 0.15) is 6.10 Å². The summed E-state index contributed by atoms with van der Waals surface area (Å²) < 4.78 is 0. The van der Waals surface area contributed by atoms with Gasteiger partial charge in [0, 0.05) is 23.4 Å². The molecule has 1 N–H and O–H groups in total. The van der Waals surface area contributed by atoms with Crippen molar-refractivity contribution in [1.82, 2.24) is 4.98 Å². The molecule has 18 heavy (non-hydrogen) atoms. The van der Waals surface area contributed by atoms with Crippen LogP contribution < -0.4 is 0 Å². The number of aliphatic hydroxyl groups excluding tert-OH is 1. The second-order valence-electron chi connectivity index (χ2n) is 4.22. The van der Waals surface area contributed by atoms with Gasteiger partial charge < -0.3 is 5.11 Å². The Hall–Kier alpha value is -2.00. The van der Waals surface area contributed by atoms with E-state index in [1.54, 1.807) is 24.3 Å². The number of hydrogen-bond donors (Lipinski definition) is 1. The Morgan fingerprint density at radius 3 is 2.56 bits per heavy atom. The van der Waals surface area contributed by atoms with Crippen LogP contribution >= 0.6 is 0 Å². The van der Waals surface area contributed by atoms with E-state index in [4.69, 9.17) is 0 Å². The highest BCUT2D eigenvalue weighted by Crippen LogP contribution is 2.08. The van der Waals surface area contributed by atoms with Gasteiger partial charge in [-0.05, 0) is 19.1 Å². The number of Topliss-reactive ketones (excluding diaryl/α,β-unsaturated/α-hetero) is 1. The standard InChI is InChI=1S/C15H15NO2/c1-11-6-5-9-13(16-11)10-14(17)15(18)12-7-3-2-4-8-12/h2-9,14,17H,10H2,1H3. The second-order valence-corrected chi connectivity index (χ2v) is 4.22. The molecule has 0 radical (unpaired) electrons. The summed E-state index contributed by atoms with van der Waals surface area (Å²) in [4.78, 5) is 16.2. The molecule has 0 fully saturated rings. The summed E-state index contributed by atoms with van der Waals surface area (Å²) in [5.74, 6) is -0.265. The smallest absolute Gasteiger partial charge is 0.191 e. The molecule has 0 bridgehead atoms. The van der Waals surface area contributed by atoms with Crippen molar-refractivity contribution in [2.45, 2.75) is 19.4 Å². The number of aromatic nitrogens is 1. The number of aryl methyl sites for hydroxylation is 1. The molecule has 0 saturated heterocycles. The van der Waals surface area contributed by atoms with E-state index in [9.17, 15) is 9.90 Å². The molecular formula is C15H15NO2. The average molecular weight is 241 g/mol. The number of rotatable bonds is 4. The molecule has 3 heteroatoms. The molecule has 1 heterocycles. The lowest BCUT2D eigenvalue weighted by Crippen LogP contribution is -2.23. The quantitative estimate of drug-likeness (QED) is 0.835. The summed E-state index contributed by atoms with van der Waals surface area (Å²) in [6, 6.07) is 14.4. The van der Waals surface area contributed by atoms with E-state index in [2.05, 4.69) is 4.98 Å². The number of benzene rings is 1. The van der Waals surface area contributed by atoms with Crippen LogP contribution in [0.5, 0.6) is 0 Å². The molecule has 92 valence electrons. The fraction of sp³-hybridized carbons (Fsp3) is 0.200. The molecular weight excluding hydrogens is 226 g/mol. The van der Waals surface area contributed by atoms with Crippen LogP contribution in [0.2, 0.25) is 0 Å². The van der Waals surface area contributed by atoms with Crippen LogP contribution in [0.3, 0.4) is 0 Å². The van der Waals surface area contributed by atoms with Crippen molar-refractivity contribution in [2.24, 2.45) is 0 Å². The Morgan fingerprint density at radius 1 is 1.17 bits per heavy atom. The Balaban J connectivity index is 2.09. The molecule has 2 aromatic rings.